The fourth-order valence-electron chi connectivity index (χ4n) is 2.75. The Morgan fingerprint density at radius 1 is 1.14 bits per heavy atom. The summed E-state index contributed by atoms with van der Waals surface area (Å²) < 4.78 is 0. The lowest BCUT2D eigenvalue weighted by Gasteiger charge is -2.31. The van der Waals surface area contributed by atoms with Gasteiger partial charge in [0, 0.05) is 24.2 Å². The molecule has 1 unspecified atom stereocenters. The van der Waals surface area contributed by atoms with Crippen LogP contribution in [0.1, 0.15) is 29.7 Å². The normalized spacial score (nSPS) is 12.6. The molecular weight excluding hydrogens is 280 g/mol. The van der Waals surface area contributed by atoms with Crippen LogP contribution >= 0.6 is 11.6 Å². The quantitative estimate of drug-likeness (QED) is 0.868. The summed E-state index contributed by atoms with van der Waals surface area (Å²) in [6.45, 7) is 6.74. The summed E-state index contributed by atoms with van der Waals surface area (Å²) in [5.41, 5.74) is 9.84. The zero-order valence-corrected chi connectivity index (χ0v) is 13.5. The number of rotatable bonds is 6. The maximum absolute atomic E-state index is 6.07. The molecule has 0 aliphatic rings. The molecule has 0 radical (unpaired) electrons. The van der Waals surface area contributed by atoms with Gasteiger partial charge in [0.2, 0.25) is 0 Å². The molecule has 0 aliphatic heterocycles. The zero-order valence-electron chi connectivity index (χ0n) is 12.7. The molecule has 2 aromatic rings. The first kappa shape index (κ1) is 16.0. The summed E-state index contributed by atoms with van der Waals surface area (Å²) in [6, 6.07) is 16.8. The summed E-state index contributed by atoms with van der Waals surface area (Å²) in [7, 11) is 0. The molecule has 0 saturated heterocycles. The molecule has 2 nitrogen and oxygen atoms in total. The highest BCUT2D eigenvalue weighted by Crippen LogP contribution is 2.26. The van der Waals surface area contributed by atoms with E-state index in [2.05, 4.69) is 49.1 Å². The predicted octanol–water partition coefficient (Wildman–Crippen LogP) is 4.17. The lowest BCUT2D eigenvalue weighted by Crippen LogP contribution is -2.33. The molecule has 0 amide bonds. The van der Waals surface area contributed by atoms with Gasteiger partial charge in [-0.05, 0) is 42.3 Å². The third-order valence-electron chi connectivity index (χ3n) is 3.89. The van der Waals surface area contributed by atoms with Gasteiger partial charge in [-0.3, -0.25) is 4.90 Å². The molecule has 0 fully saturated rings. The summed E-state index contributed by atoms with van der Waals surface area (Å²) in [5.74, 6) is 0. The summed E-state index contributed by atoms with van der Waals surface area (Å²) in [4.78, 5) is 2.41. The van der Waals surface area contributed by atoms with Crippen LogP contribution in [0.2, 0.25) is 5.02 Å². The maximum Gasteiger partial charge on any atom is 0.0476 e. The second-order valence-corrected chi connectivity index (χ2v) is 5.74. The van der Waals surface area contributed by atoms with E-state index < -0.39 is 0 Å². The summed E-state index contributed by atoms with van der Waals surface area (Å²) >= 11 is 6.06. The van der Waals surface area contributed by atoms with E-state index in [4.69, 9.17) is 17.3 Å². The minimum absolute atomic E-state index is 0.215. The molecule has 1 atom stereocenters. The van der Waals surface area contributed by atoms with Gasteiger partial charge in [-0.1, -0.05) is 54.9 Å². The number of nitrogens with zero attached hydrogens (tertiary/aromatic N) is 1. The molecule has 21 heavy (non-hydrogen) atoms. The smallest absolute Gasteiger partial charge is 0.0476 e. The van der Waals surface area contributed by atoms with Crippen molar-refractivity contribution in [3.63, 3.8) is 0 Å². The fourth-order valence-corrected chi connectivity index (χ4v) is 2.97. The van der Waals surface area contributed by atoms with Crippen molar-refractivity contribution in [1.29, 1.82) is 0 Å². The first-order valence-electron chi connectivity index (χ1n) is 7.39. The monoisotopic (exact) mass is 302 g/mol. The van der Waals surface area contributed by atoms with Crippen LogP contribution in [0.3, 0.4) is 0 Å². The summed E-state index contributed by atoms with van der Waals surface area (Å²) in [6.07, 6.45) is 0. The number of nitrogens with two attached hydrogens (primary N) is 1. The van der Waals surface area contributed by atoms with Crippen molar-refractivity contribution in [2.24, 2.45) is 5.73 Å². The Balaban J connectivity index is 2.25. The minimum Gasteiger partial charge on any atom is -0.329 e. The van der Waals surface area contributed by atoms with E-state index >= 15 is 0 Å². The van der Waals surface area contributed by atoms with E-state index in [9.17, 15) is 0 Å². The van der Waals surface area contributed by atoms with Gasteiger partial charge in [0.1, 0.15) is 0 Å². The molecule has 0 bridgehead atoms. The predicted molar refractivity (Wildman–Crippen MR) is 90.5 cm³/mol. The van der Waals surface area contributed by atoms with E-state index in [1.54, 1.807) is 0 Å². The van der Waals surface area contributed by atoms with Crippen molar-refractivity contribution >= 4 is 11.6 Å². The molecule has 2 rings (SSSR count). The summed E-state index contributed by atoms with van der Waals surface area (Å²) in [5, 5.41) is 0.776. The highest BCUT2D eigenvalue weighted by molar-refractivity contribution is 6.30. The Kier molecular flexibility index (Phi) is 5.80. The van der Waals surface area contributed by atoms with Crippen LogP contribution in [0.15, 0.2) is 48.5 Å². The van der Waals surface area contributed by atoms with Crippen LogP contribution in [-0.2, 0) is 6.54 Å². The molecule has 3 heteroatoms. The second kappa shape index (κ2) is 7.60. The molecule has 112 valence electrons. The van der Waals surface area contributed by atoms with Gasteiger partial charge in [0.25, 0.3) is 0 Å². The van der Waals surface area contributed by atoms with Crippen molar-refractivity contribution in [3.8, 4) is 0 Å². The van der Waals surface area contributed by atoms with Crippen LogP contribution < -0.4 is 5.73 Å². The average molecular weight is 303 g/mol. The SMILES string of the molecule is CCN(Cc1ccccc1)C(CN)c1ccc(Cl)cc1C. The maximum atomic E-state index is 6.07. The van der Waals surface area contributed by atoms with Crippen molar-refractivity contribution in [2.45, 2.75) is 26.4 Å². The van der Waals surface area contributed by atoms with E-state index in [0.717, 1.165) is 18.1 Å². The van der Waals surface area contributed by atoms with Crippen molar-refractivity contribution in [1.82, 2.24) is 4.90 Å². The van der Waals surface area contributed by atoms with Crippen molar-refractivity contribution in [3.05, 3.63) is 70.2 Å². The number of hydrogen-bond donors (Lipinski definition) is 1. The zero-order chi connectivity index (χ0) is 15.2. The molecule has 0 aromatic heterocycles. The third-order valence-corrected chi connectivity index (χ3v) is 4.12. The minimum atomic E-state index is 0.215. The van der Waals surface area contributed by atoms with Crippen LogP contribution in [0.5, 0.6) is 0 Å². The van der Waals surface area contributed by atoms with Gasteiger partial charge in [-0.25, -0.2) is 0 Å². The molecule has 2 aromatic carbocycles. The van der Waals surface area contributed by atoms with Gasteiger partial charge >= 0.3 is 0 Å². The standard InChI is InChI=1S/C18H23ClN2/c1-3-21(13-15-7-5-4-6-8-15)18(12-20)17-10-9-16(19)11-14(17)2/h4-11,18H,3,12-13,20H2,1-2H3. The molecule has 0 spiro atoms. The Morgan fingerprint density at radius 2 is 1.86 bits per heavy atom. The topological polar surface area (TPSA) is 29.3 Å². The van der Waals surface area contributed by atoms with Crippen molar-refractivity contribution < 1.29 is 0 Å². The lowest BCUT2D eigenvalue weighted by atomic mass is 9.99. The van der Waals surface area contributed by atoms with Crippen LogP contribution in [0.25, 0.3) is 0 Å². The molecule has 0 heterocycles. The number of halogens is 1. The number of aryl methyl sites for hydroxylation is 1. The first-order valence-corrected chi connectivity index (χ1v) is 7.77. The van der Waals surface area contributed by atoms with Gasteiger partial charge in [0.15, 0.2) is 0 Å². The second-order valence-electron chi connectivity index (χ2n) is 5.30. The molecule has 2 N–H and O–H groups in total. The largest absolute Gasteiger partial charge is 0.329 e. The van der Waals surface area contributed by atoms with Gasteiger partial charge in [-0.15, -0.1) is 0 Å². The Hall–Kier alpha value is -1.35. The highest BCUT2D eigenvalue weighted by Gasteiger charge is 2.19. The third kappa shape index (κ3) is 4.07. The van der Waals surface area contributed by atoms with E-state index in [-0.39, 0.29) is 6.04 Å². The van der Waals surface area contributed by atoms with Gasteiger partial charge in [0.05, 0.1) is 0 Å². The van der Waals surface area contributed by atoms with Crippen LogP contribution in [-0.4, -0.2) is 18.0 Å². The lowest BCUT2D eigenvalue weighted by molar-refractivity contribution is 0.203. The van der Waals surface area contributed by atoms with Crippen LogP contribution in [0.4, 0.5) is 0 Å². The molecule has 0 aliphatic carbocycles. The fraction of sp³-hybridized carbons (Fsp3) is 0.333. The van der Waals surface area contributed by atoms with Gasteiger partial charge in [-0.2, -0.15) is 0 Å². The van der Waals surface area contributed by atoms with Gasteiger partial charge < -0.3 is 5.73 Å². The number of hydrogen-bond acceptors (Lipinski definition) is 2. The number of benzene rings is 2. The Morgan fingerprint density at radius 3 is 2.43 bits per heavy atom. The van der Waals surface area contributed by atoms with E-state index in [0.29, 0.717) is 6.54 Å². The van der Waals surface area contributed by atoms with Crippen LogP contribution in [0, 0.1) is 6.92 Å². The Labute approximate surface area is 132 Å². The first-order chi connectivity index (χ1) is 10.2. The van der Waals surface area contributed by atoms with E-state index in [1.165, 1.54) is 16.7 Å². The number of likely N-dealkylation sites (N-methyl/N-ethyl adjacent to an activating group) is 1. The molecular formula is C18H23ClN2. The average Bonchev–Trinajstić information content (AvgIpc) is 2.49. The molecule has 0 saturated carbocycles. The highest BCUT2D eigenvalue weighted by atomic mass is 35.5. The van der Waals surface area contributed by atoms with Crippen molar-refractivity contribution in [2.75, 3.05) is 13.1 Å². The van der Waals surface area contributed by atoms with E-state index in [1.807, 2.05) is 18.2 Å². The Bertz CT molecular complexity index is 569.